The lowest BCUT2D eigenvalue weighted by Crippen LogP contribution is -2.27. The topological polar surface area (TPSA) is 66.8 Å². The highest BCUT2D eigenvalue weighted by molar-refractivity contribution is 5.70. The van der Waals surface area contributed by atoms with Crippen molar-refractivity contribution in [2.45, 2.75) is 58.3 Å². The maximum absolute atomic E-state index is 11.3. The summed E-state index contributed by atoms with van der Waals surface area (Å²) < 4.78 is 5.05. The van der Waals surface area contributed by atoms with E-state index in [-0.39, 0.29) is 12.8 Å². The average Bonchev–Trinajstić information content (AvgIpc) is 1.98. The number of aliphatic hydroxyl groups is 2. The molecule has 0 aromatic heterocycles. The molecule has 16 heavy (non-hydrogen) atoms. The summed E-state index contributed by atoms with van der Waals surface area (Å²) in [4.78, 5) is 11.3. The third-order valence-electron chi connectivity index (χ3n) is 1.75. The Hall–Kier alpha value is -0.870. The van der Waals surface area contributed by atoms with Crippen LogP contribution in [0.5, 0.6) is 0 Å². The molecule has 2 N–H and O–H groups in total. The number of allylic oxidation sites excluding steroid dienone is 1. The number of carbonyl (C=O) groups excluding carboxylic acids is 1. The Bertz CT molecular complexity index is 240. The predicted octanol–water partition coefficient (Wildman–Crippen LogP) is 1.41. The van der Waals surface area contributed by atoms with Crippen LogP contribution in [-0.4, -0.2) is 34.0 Å². The van der Waals surface area contributed by atoms with Crippen molar-refractivity contribution < 1.29 is 19.7 Å². The van der Waals surface area contributed by atoms with Crippen LogP contribution in [0.2, 0.25) is 0 Å². The van der Waals surface area contributed by atoms with Crippen LogP contribution in [0, 0.1) is 0 Å². The molecule has 0 saturated heterocycles. The summed E-state index contributed by atoms with van der Waals surface area (Å²) in [5, 5.41) is 18.9. The first-order valence-corrected chi connectivity index (χ1v) is 5.45. The van der Waals surface area contributed by atoms with Crippen molar-refractivity contribution in [3.8, 4) is 0 Å². The van der Waals surface area contributed by atoms with Crippen molar-refractivity contribution in [3.05, 3.63) is 12.2 Å². The summed E-state index contributed by atoms with van der Waals surface area (Å²) >= 11 is 0. The van der Waals surface area contributed by atoms with Gasteiger partial charge >= 0.3 is 5.97 Å². The second-order valence-electron chi connectivity index (χ2n) is 4.77. The molecule has 0 amide bonds. The van der Waals surface area contributed by atoms with Crippen LogP contribution in [0.4, 0.5) is 0 Å². The Labute approximate surface area is 96.9 Å². The summed E-state index contributed by atoms with van der Waals surface area (Å²) in [6, 6.07) is 0. The summed E-state index contributed by atoms with van der Waals surface area (Å²) in [5.74, 6) is -0.451. The van der Waals surface area contributed by atoms with Crippen LogP contribution >= 0.6 is 0 Å². The summed E-state index contributed by atoms with van der Waals surface area (Å²) in [6.07, 6.45) is 1.72. The van der Waals surface area contributed by atoms with Gasteiger partial charge in [0, 0.05) is 6.42 Å². The molecule has 0 unspecified atom stereocenters. The summed E-state index contributed by atoms with van der Waals surface area (Å²) in [7, 11) is 0. The quantitative estimate of drug-likeness (QED) is 0.553. The number of carbonyl (C=O) groups is 1. The van der Waals surface area contributed by atoms with Gasteiger partial charge in [-0.2, -0.15) is 0 Å². The molecule has 0 saturated carbocycles. The highest BCUT2D eigenvalue weighted by atomic mass is 16.6. The molecule has 0 aliphatic carbocycles. The first-order chi connectivity index (χ1) is 7.24. The number of hydrogen-bond donors (Lipinski definition) is 2. The molecule has 0 heterocycles. The van der Waals surface area contributed by atoms with E-state index in [1.54, 1.807) is 39.8 Å². The number of rotatable bonds is 5. The van der Waals surface area contributed by atoms with Crippen molar-refractivity contribution in [1.82, 2.24) is 0 Å². The number of aliphatic hydroxyl groups excluding tert-OH is 2. The third kappa shape index (κ3) is 8.44. The lowest BCUT2D eigenvalue weighted by molar-refractivity contribution is -0.157. The van der Waals surface area contributed by atoms with Gasteiger partial charge in [-0.05, 0) is 27.7 Å². The second-order valence-corrected chi connectivity index (χ2v) is 4.77. The summed E-state index contributed by atoms with van der Waals surface area (Å²) in [6.45, 7) is 7.09. The van der Waals surface area contributed by atoms with Crippen molar-refractivity contribution in [3.63, 3.8) is 0 Å². The van der Waals surface area contributed by atoms with Gasteiger partial charge in [0.05, 0.1) is 18.6 Å². The van der Waals surface area contributed by atoms with E-state index in [1.807, 2.05) is 0 Å². The lowest BCUT2D eigenvalue weighted by Gasteiger charge is -2.21. The van der Waals surface area contributed by atoms with Gasteiger partial charge in [0.1, 0.15) is 5.60 Å². The number of hydrogen-bond acceptors (Lipinski definition) is 4. The minimum absolute atomic E-state index is 0.0914. The minimum Gasteiger partial charge on any atom is -0.460 e. The van der Waals surface area contributed by atoms with Gasteiger partial charge in [-0.1, -0.05) is 12.2 Å². The fourth-order valence-corrected chi connectivity index (χ4v) is 1.24. The van der Waals surface area contributed by atoms with Crippen molar-refractivity contribution >= 4 is 5.97 Å². The van der Waals surface area contributed by atoms with E-state index in [2.05, 4.69) is 0 Å². The van der Waals surface area contributed by atoms with Crippen molar-refractivity contribution in [1.29, 1.82) is 0 Å². The van der Waals surface area contributed by atoms with Crippen LogP contribution in [0.25, 0.3) is 0 Å². The van der Waals surface area contributed by atoms with Crippen molar-refractivity contribution in [2.24, 2.45) is 0 Å². The fraction of sp³-hybridized carbons (Fsp3) is 0.750. The standard InChI is InChI=1S/C12H22O4/c1-5-6-9(13)7-10(14)8-11(15)16-12(2,3)4/h5-6,9-10,13-14H,7-8H2,1-4H3/b6-5+/t9-,10-/m1/s1. The zero-order valence-electron chi connectivity index (χ0n) is 10.4. The largest absolute Gasteiger partial charge is 0.460 e. The number of ether oxygens (including phenoxy) is 1. The van der Waals surface area contributed by atoms with Gasteiger partial charge < -0.3 is 14.9 Å². The summed E-state index contributed by atoms with van der Waals surface area (Å²) in [5.41, 5.74) is -0.543. The molecule has 0 spiro atoms. The average molecular weight is 230 g/mol. The first-order valence-electron chi connectivity index (χ1n) is 5.45. The van der Waals surface area contributed by atoms with E-state index in [0.717, 1.165) is 0 Å². The maximum atomic E-state index is 11.3. The Morgan fingerprint density at radius 2 is 1.94 bits per heavy atom. The normalized spacial score (nSPS) is 16.1. The van der Waals surface area contributed by atoms with E-state index in [9.17, 15) is 15.0 Å². The van der Waals surface area contributed by atoms with Gasteiger partial charge in [-0.3, -0.25) is 4.79 Å². The third-order valence-corrected chi connectivity index (χ3v) is 1.75. The fourth-order valence-electron chi connectivity index (χ4n) is 1.24. The predicted molar refractivity (Wildman–Crippen MR) is 61.9 cm³/mol. The van der Waals surface area contributed by atoms with E-state index >= 15 is 0 Å². The molecule has 0 rings (SSSR count). The first kappa shape index (κ1) is 15.1. The Morgan fingerprint density at radius 1 is 1.38 bits per heavy atom. The molecule has 0 fully saturated rings. The van der Waals surface area contributed by atoms with Crippen LogP contribution in [0.15, 0.2) is 12.2 Å². The van der Waals surface area contributed by atoms with Gasteiger partial charge in [0.25, 0.3) is 0 Å². The molecule has 0 aromatic carbocycles. The highest BCUT2D eigenvalue weighted by Gasteiger charge is 2.20. The molecular weight excluding hydrogens is 208 g/mol. The SMILES string of the molecule is C/C=C/[C@@H](O)C[C@@H](O)CC(=O)OC(C)(C)C. The molecule has 0 aliphatic heterocycles. The van der Waals surface area contributed by atoms with Crippen LogP contribution in [0.1, 0.15) is 40.5 Å². The van der Waals surface area contributed by atoms with Gasteiger partial charge in [0.15, 0.2) is 0 Å². The maximum Gasteiger partial charge on any atom is 0.308 e. The monoisotopic (exact) mass is 230 g/mol. The number of esters is 1. The van der Waals surface area contributed by atoms with Crippen molar-refractivity contribution in [2.75, 3.05) is 0 Å². The molecule has 4 heteroatoms. The molecule has 2 atom stereocenters. The Morgan fingerprint density at radius 3 is 2.38 bits per heavy atom. The van der Waals surface area contributed by atoms with Crippen LogP contribution < -0.4 is 0 Å². The van der Waals surface area contributed by atoms with Gasteiger partial charge in [0.2, 0.25) is 0 Å². The second kappa shape index (κ2) is 6.66. The molecule has 0 aliphatic rings. The van der Waals surface area contributed by atoms with E-state index in [1.165, 1.54) is 0 Å². The minimum atomic E-state index is -0.874. The lowest BCUT2D eigenvalue weighted by atomic mass is 10.1. The van der Waals surface area contributed by atoms with Crippen LogP contribution in [0.3, 0.4) is 0 Å². The van der Waals surface area contributed by atoms with E-state index < -0.39 is 23.8 Å². The van der Waals surface area contributed by atoms with Crippen LogP contribution in [-0.2, 0) is 9.53 Å². The Balaban J connectivity index is 3.96. The van der Waals surface area contributed by atoms with Gasteiger partial charge in [-0.25, -0.2) is 0 Å². The molecule has 4 nitrogen and oxygen atoms in total. The zero-order valence-corrected chi connectivity index (χ0v) is 10.4. The molecule has 0 radical (unpaired) electrons. The van der Waals surface area contributed by atoms with Gasteiger partial charge in [-0.15, -0.1) is 0 Å². The molecular formula is C12H22O4. The highest BCUT2D eigenvalue weighted by Crippen LogP contribution is 2.11. The smallest absolute Gasteiger partial charge is 0.308 e. The van der Waals surface area contributed by atoms with E-state index in [0.29, 0.717) is 0 Å². The molecule has 94 valence electrons. The van der Waals surface area contributed by atoms with E-state index in [4.69, 9.17) is 4.74 Å². The molecule has 0 aromatic rings. The molecule has 0 bridgehead atoms. The zero-order chi connectivity index (χ0) is 12.8. The Kier molecular flexibility index (Phi) is 6.29.